The SMILES string of the molecule is CC([O-])C[O-].[Ca+2]. The van der Waals surface area contributed by atoms with E-state index in [-0.39, 0.29) is 37.7 Å². The average molecular weight is 114 g/mol. The molecule has 0 amide bonds. The van der Waals surface area contributed by atoms with Gasteiger partial charge in [-0.25, -0.2) is 0 Å². The molecule has 0 bridgehead atoms. The van der Waals surface area contributed by atoms with E-state index in [1.54, 1.807) is 0 Å². The molecular weight excluding hydrogens is 108 g/mol. The second kappa shape index (κ2) is 6.18. The number of hydrogen-bond acceptors (Lipinski definition) is 2. The maximum atomic E-state index is 9.58. The van der Waals surface area contributed by atoms with Gasteiger partial charge in [0.2, 0.25) is 0 Å². The summed E-state index contributed by atoms with van der Waals surface area (Å²) in [6, 6.07) is 0. The predicted molar refractivity (Wildman–Crippen MR) is 20.1 cm³/mol. The molecule has 0 aromatic rings. The summed E-state index contributed by atoms with van der Waals surface area (Å²) in [6.45, 7) is 0.854. The fraction of sp³-hybridized carbons (Fsp3) is 1.00. The summed E-state index contributed by atoms with van der Waals surface area (Å²) in [7, 11) is 0. The van der Waals surface area contributed by atoms with Crippen molar-refractivity contribution in [1.82, 2.24) is 0 Å². The maximum Gasteiger partial charge on any atom is 2.00 e. The first-order valence-electron chi connectivity index (χ1n) is 1.51. The zero-order valence-electron chi connectivity index (χ0n) is 3.81. The van der Waals surface area contributed by atoms with Crippen molar-refractivity contribution in [3.63, 3.8) is 0 Å². The standard InChI is InChI=1S/C3H6O2.Ca/c1-3(5)2-4;/h3H,2H2,1H3;/q-2;+2. The van der Waals surface area contributed by atoms with Gasteiger partial charge in [0.15, 0.2) is 0 Å². The molecule has 0 radical (unpaired) electrons. The molecule has 3 heteroatoms. The first-order valence-corrected chi connectivity index (χ1v) is 1.51. The van der Waals surface area contributed by atoms with Crippen molar-refractivity contribution in [2.75, 3.05) is 6.61 Å². The molecule has 32 valence electrons. The molecule has 0 saturated heterocycles. The third-order valence-corrected chi connectivity index (χ3v) is 0.235. The zero-order valence-corrected chi connectivity index (χ0v) is 6.02. The Morgan fingerprint density at radius 3 is 1.83 bits per heavy atom. The van der Waals surface area contributed by atoms with Crippen LogP contribution in [0.5, 0.6) is 0 Å². The Morgan fingerprint density at radius 2 is 1.83 bits per heavy atom. The third-order valence-electron chi connectivity index (χ3n) is 0.235. The van der Waals surface area contributed by atoms with Crippen LogP contribution >= 0.6 is 0 Å². The number of rotatable bonds is 1. The molecule has 0 spiro atoms. The second-order valence-electron chi connectivity index (χ2n) is 0.977. The molecule has 0 heterocycles. The Balaban J connectivity index is 0. The van der Waals surface area contributed by atoms with Crippen molar-refractivity contribution >= 4 is 37.7 Å². The molecule has 0 aromatic heterocycles. The summed E-state index contributed by atoms with van der Waals surface area (Å²) in [6.07, 6.45) is -0.921. The molecule has 0 N–H and O–H groups in total. The molecule has 6 heavy (non-hydrogen) atoms. The van der Waals surface area contributed by atoms with Gasteiger partial charge in [-0.2, -0.15) is 6.61 Å². The van der Waals surface area contributed by atoms with Gasteiger partial charge in [0.1, 0.15) is 0 Å². The van der Waals surface area contributed by atoms with E-state index in [2.05, 4.69) is 0 Å². The first-order chi connectivity index (χ1) is 2.27. The van der Waals surface area contributed by atoms with E-state index in [0.29, 0.717) is 0 Å². The van der Waals surface area contributed by atoms with Crippen LogP contribution in [0, 0.1) is 0 Å². The fourth-order valence-corrected chi connectivity index (χ4v) is 0. The molecular formula is C3H6CaO2. The monoisotopic (exact) mass is 114 g/mol. The van der Waals surface area contributed by atoms with E-state index < -0.39 is 12.7 Å². The van der Waals surface area contributed by atoms with Crippen LogP contribution in [0.4, 0.5) is 0 Å². The molecule has 0 aliphatic heterocycles. The quantitative estimate of drug-likeness (QED) is 0.360. The van der Waals surface area contributed by atoms with Crippen molar-refractivity contribution in [3.05, 3.63) is 0 Å². The molecule has 0 aliphatic carbocycles. The largest absolute Gasteiger partial charge is 2.00 e. The normalized spacial score (nSPS) is 12.5. The van der Waals surface area contributed by atoms with Gasteiger partial charge in [0.05, 0.1) is 0 Å². The van der Waals surface area contributed by atoms with Crippen molar-refractivity contribution in [3.8, 4) is 0 Å². The molecule has 2 nitrogen and oxygen atoms in total. The number of hydrogen-bond donors (Lipinski definition) is 0. The van der Waals surface area contributed by atoms with Gasteiger partial charge in [0.25, 0.3) is 0 Å². The minimum Gasteiger partial charge on any atom is -0.855 e. The van der Waals surface area contributed by atoms with Crippen LogP contribution in [-0.4, -0.2) is 50.4 Å². The van der Waals surface area contributed by atoms with Crippen LogP contribution in [0.2, 0.25) is 0 Å². The van der Waals surface area contributed by atoms with Crippen molar-refractivity contribution in [1.29, 1.82) is 0 Å². The van der Waals surface area contributed by atoms with E-state index in [0.717, 1.165) is 0 Å². The van der Waals surface area contributed by atoms with Crippen LogP contribution in [0.15, 0.2) is 0 Å². The van der Waals surface area contributed by atoms with Gasteiger partial charge >= 0.3 is 37.7 Å². The van der Waals surface area contributed by atoms with Gasteiger partial charge in [-0.1, -0.05) is 6.92 Å². The van der Waals surface area contributed by atoms with Gasteiger partial charge in [-0.3, -0.25) is 0 Å². The van der Waals surface area contributed by atoms with Crippen LogP contribution in [-0.2, 0) is 0 Å². The Bertz CT molecular complexity index is 22.8. The van der Waals surface area contributed by atoms with E-state index in [1.807, 2.05) is 0 Å². The summed E-state index contributed by atoms with van der Waals surface area (Å²) in [5.41, 5.74) is 0. The molecule has 0 saturated carbocycles. The summed E-state index contributed by atoms with van der Waals surface area (Å²) in [5, 5.41) is 18.9. The van der Waals surface area contributed by atoms with Crippen molar-refractivity contribution < 1.29 is 10.2 Å². The van der Waals surface area contributed by atoms with Crippen LogP contribution < -0.4 is 10.2 Å². The fourth-order valence-electron chi connectivity index (χ4n) is 0. The van der Waals surface area contributed by atoms with Crippen molar-refractivity contribution in [2.45, 2.75) is 13.0 Å². The summed E-state index contributed by atoms with van der Waals surface area (Å²) in [5.74, 6) is 0. The summed E-state index contributed by atoms with van der Waals surface area (Å²) in [4.78, 5) is 0. The Labute approximate surface area is 67.2 Å². The van der Waals surface area contributed by atoms with E-state index in [9.17, 15) is 10.2 Å². The molecule has 0 aliphatic rings. The van der Waals surface area contributed by atoms with Crippen LogP contribution in [0.3, 0.4) is 0 Å². The molecule has 0 rings (SSSR count). The molecule has 0 aromatic carbocycles. The van der Waals surface area contributed by atoms with Gasteiger partial charge < -0.3 is 10.2 Å². The first kappa shape index (κ1) is 10.2. The topological polar surface area (TPSA) is 46.1 Å². The Morgan fingerprint density at radius 1 is 1.67 bits per heavy atom. The maximum absolute atomic E-state index is 9.58. The molecule has 1 unspecified atom stereocenters. The van der Waals surface area contributed by atoms with E-state index >= 15 is 0 Å². The minimum atomic E-state index is -0.921. The Hall–Kier alpha value is 1.18. The van der Waals surface area contributed by atoms with Crippen molar-refractivity contribution in [2.24, 2.45) is 0 Å². The molecule has 0 fully saturated rings. The third kappa shape index (κ3) is 8.95. The minimum absolute atomic E-state index is 0. The van der Waals surface area contributed by atoms with Gasteiger partial charge in [-0.15, -0.1) is 6.10 Å². The van der Waals surface area contributed by atoms with E-state index in [4.69, 9.17) is 0 Å². The van der Waals surface area contributed by atoms with Gasteiger partial charge in [0, 0.05) is 0 Å². The zero-order chi connectivity index (χ0) is 4.28. The average Bonchev–Trinajstić information content (AvgIpc) is 1.38. The molecule has 1 atom stereocenters. The van der Waals surface area contributed by atoms with Gasteiger partial charge in [-0.05, 0) is 0 Å². The van der Waals surface area contributed by atoms with Crippen LogP contribution in [0.1, 0.15) is 6.92 Å². The smallest absolute Gasteiger partial charge is 0.855 e. The van der Waals surface area contributed by atoms with Crippen LogP contribution in [0.25, 0.3) is 0 Å². The predicted octanol–water partition coefficient (Wildman–Crippen LogP) is -2.29. The second-order valence-corrected chi connectivity index (χ2v) is 0.977. The summed E-state index contributed by atoms with van der Waals surface area (Å²) >= 11 is 0. The Kier molecular flexibility index (Phi) is 10.5. The van der Waals surface area contributed by atoms with E-state index in [1.165, 1.54) is 6.92 Å². The summed E-state index contributed by atoms with van der Waals surface area (Å²) < 4.78 is 0.